The van der Waals surface area contributed by atoms with E-state index in [4.69, 9.17) is 0 Å². The van der Waals surface area contributed by atoms with Crippen LogP contribution in [-0.2, 0) is 6.42 Å². The summed E-state index contributed by atoms with van der Waals surface area (Å²) in [5, 5.41) is 14.7. The maximum absolute atomic E-state index is 13.8. The summed E-state index contributed by atoms with van der Waals surface area (Å²) in [5.41, 5.74) is 1.07. The Morgan fingerprint density at radius 3 is 2.67 bits per heavy atom. The molecule has 0 radical (unpaired) electrons. The highest BCUT2D eigenvalue weighted by Crippen LogP contribution is 2.24. The summed E-state index contributed by atoms with van der Waals surface area (Å²) < 4.78 is 16.4. The van der Waals surface area contributed by atoms with Gasteiger partial charge in [-0.05, 0) is 37.1 Å². The summed E-state index contributed by atoms with van der Waals surface area (Å²) >= 11 is 3.29. The van der Waals surface area contributed by atoms with Crippen molar-refractivity contribution in [2.75, 3.05) is 0 Å². The number of rotatable bonds is 6. The minimum absolute atomic E-state index is 0.293. The van der Waals surface area contributed by atoms with Crippen LogP contribution in [0.4, 0.5) is 4.39 Å². The normalized spacial score (nSPS) is 12.9. The monoisotopic (exact) mass is 354 g/mol. The summed E-state index contributed by atoms with van der Waals surface area (Å²) in [7, 11) is 0. The Labute approximate surface area is 132 Å². The van der Waals surface area contributed by atoms with Crippen molar-refractivity contribution >= 4 is 15.9 Å². The van der Waals surface area contributed by atoms with E-state index in [1.54, 1.807) is 12.1 Å². The summed E-state index contributed by atoms with van der Waals surface area (Å²) in [6, 6.07) is 6.84. The molecule has 1 N–H and O–H groups in total. The summed E-state index contributed by atoms with van der Waals surface area (Å²) in [5.74, 6) is -0.398. The first-order chi connectivity index (χ1) is 10.0. The molecule has 0 saturated carbocycles. The van der Waals surface area contributed by atoms with E-state index in [2.05, 4.69) is 34.9 Å². The van der Waals surface area contributed by atoms with Crippen molar-refractivity contribution in [3.63, 3.8) is 0 Å². The molecule has 5 heteroatoms. The Morgan fingerprint density at radius 1 is 1.29 bits per heavy atom. The Kier molecular flexibility index (Phi) is 5.53. The summed E-state index contributed by atoms with van der Waals surface area (Å²) in [4.78, 5) is 0. The predicted molar refractivity (Wildman–Crippen MR) is 84.6 cm³/mol. The number of aliphatic hydroxyl groups is 1. The molecule has 0 saturated heterocycles. The van der Waals surface area contributed by atoms with Crippen LogP contribution in [0.3, 0.4) is 0 Å². The molecule has 2 aromatic rings. The molecule has 0 aliphatic heterocycles. The number of hydrogen-bond acceptors (Lipinski definition) is 2. The quantitative estimate of drug-likeness (QED) is 0.833. The molecule has 1 aromatic carbocycles. The standard InChI is InChI=1S/C16H20BrFN2O/c1-3-13(4-2)20-8-7-12(19-20)10-16(21)14-9-11(17)5-6-15(14)18/h5-9,13,16,21H,3-4,10H2,1-2H3. The second-order valence-electron chi connectivity index (χ2n) is 5.14. The molecule has 0 spiro atoms. The molecule has 114 valence electrons. The van der Waals surface area contributed by atoms with Crippen molar-refractivity contribution in [2.45, 2.75) is 45.3 Å². The van der Waals surface area contributed by atoms with E-state index in [0.29, 0.717) is 18.0 Å². The average molecular weight is 355 g/mol. The lowest BCUT2D eigenvalue weighted by Crippen LogP contribution is -2.09. The fourth-order valence-electron chi connectivity index (χ4n) is 2.43. The molecule has 0 amide bonds. The van der Waals surface area contributed by atoms with Crippen molar-refractivity contribution in [1.29, 1.82) is 0 Å². The zero-order chi connectivity index (χ0) is 15.4. The smallest absolute Gasteiger partial charge is 0.129 e. The lowest BCUT2D eigenvalue weighted by Gasteiger charge is -2.13. The molecule has 1 atom stereocenters. The van der Waals surface area contributed by atoms with E-state index in [-0.39, 0.29) is 0 Å². The maximum Gasteiger partial charge on any atom is 0.129 e. The SMILES string of the molecule is CCC(CC)n1ccc(CC(O)c2cc(Br)ccc2F)n1. The Morgan fingerprint density at radius 2 is 2.00 bits per heavy atom. The van der Waals surface area contributed by atoms with Crippen LogP contribution < -0.4 is 0 Å². The van der Waals surface area contributed by atoms with Crippen LogP contribution in [0.15, 0.2) is 34.9 Å². The number of benzene rings is 1. The minimum atomic E-state index is -0.896. The molecule has 0 bridgehead atoms. The second-order valence-corrected chi connectivity index (χ2v) is 6.06. The highest BCUT2D eigenvalue weighted by molar-refractivity contribution is 9.10. The molecular formula is C16H20BrFN2O. The highest BCUT2D eigenvalue weighted by atomic mass is 79.9. The Hall–Kier alpha value is -1.20. The fourth-order valence-corrected chi connectivity index (χ4v) is 2.81. The van der Waals surface area contributed by atoms with Crippen molar-refractivity contribution in [3.05, 3.63) is 52.0 Å². The lowest BCUT2D eigenvalue weighted by atomic mass is 10.0. The van der Waals surface area contributed by atoms with Crippen molar-refractivity contribution in [1.82, 2.24) is 9.78 Å². The van der Waals surface area contributed by atoms with Crippen molar-refractivity contribution in [3.8, 4) is 0 Å². The third kappa shape index (κ3) is 3.92. The van der Waals surface area contributed by atoms with Gasteiger partial charge in [0.05, 0.1) is 17.8 Å². The third-order valence-corrected chi connectivity index (χ3v) is 4.19. The van der Waals surface area contributed by atoms with E-state index in [1.807, 2.05) is 16.9 Å². The van der Waals surface area contributed by atoms with E-state index in [1.165, 1.54) is 6.07 Å². The van der Waals surface area contributed by atoms with E-state index in [9.17, 15) is 9.50 Å². The fraction of sp³-hybridized carbons (Fsp3) is 0.438. The van der Waals surface area contributed by atoms with Gasteiger partial charge < -0.3 is 5.11 Å². The molecule has 0 fully saturated rings. The molecule has 2 rings (SSSR count). The molecule has 1 unspecified atom stereocenters. The number of aliphatic hydroxyl groups excluding tert-OH is 1. The van der Waals surface area contributed by atoms with E-state index < -0.39 is 11.9 Å². The van der Waals surface area contributed by atoms with Gasteiger partial charge in [-0.25, -0.2) is 4.39 Å². The lowest BCUT2D eigenvalue weighted by molar-refractivity contribution is 0.172. The maximum atomic E-state index is 13.8. The molecule has 1 heterocycles. The van der Waals surface area contributed by atoms with Gasteiger partial charge in [-0.15, -0.1) is 0 Å². The van der Waals surface area contributed by atoms with Crippen LogP contribution in [0.5, 0.6) is 0 Å². The third-order valence-electron chi connectivity index (χ3n) is 3.70. The first kappa shape index (κ1) is 16.2. The van der Waals surface area contributed by atoms with E-state index >= 15 is 0 Å². The summed E-state index contributed by atoms with van der Waals surface area (Å²) in [6.07, 6.45) is 3.37. The van der Waals surface area contributed by atoms with Gasteiger partial charge in [-0.1, -0.05) is 29.8 Å². The van der Waals surface area contributed by atoms with Gasteiger partial charge in [0, 0.05) is 22.7 Å². The first-order valence-electron chi connectivity index (χ1n) is 7.22. The van der Waals surface area contributed by atoms with Gasteiger partial charge in [0.15, 0.2) is 0 Å². The highest BCUT2D eigenvalue weighted by Gasteiger charge is 2.16. The van der Waals surface area contributed by atoms with E-state index in [0.717, 1.165) is 23.0 Å². The topological polar surface area (TPSA) is 38.0 Å². The minimum Gasteiger partial charge on any atom is -0.388 e. The Bertz CT molecular complexity index is 596. The predicted octanol–water partition coefficient (Wildman–Crippen LogP) is 4.42. The number of nitrogens with zero attached hydrogens (tertiary/aromatic N) is 2. The second kappa shape index (κ2) is 7.18. The summed E-state index contributed by atoms with van der Waals surface area (Å²) in [6.45, 7) is 4.25. The van der Waals surface area contributed by atoms with Gasteiger partial charge in [-0.2, -0.15) is 5.10 Å². The van der Waals surface area contributed by atoms with Crippen LogP contribution in [0, 0.1) is 5.82 Å². The van der Waals surface area contributed by atoms with Crippen LogP contribution in [0.25, 0.3) is 0 Å². The number of halogens is 2. The zero-order valence-electron chi connectivity index (χ0n) is 12.3. The number of aromatic nitrogens is 2. The zero-order valence-corrected chi connectivity index (χ0v) is 13.8. The molecule has 1 aromatic heterocycles. The molecule has 0 aliphatic carbocycles. The Balaban J connectivity index is 2.12. The van der Waals surface area contributed by atoms with Gasteiger partial charge in [0.25, 0.3) is 0 Å². The molecule has 0 aliphatic rings. The molecule has 3 nitrogen and oxygen atoms in total. The number of hydrogen-bond donors (Lipinski definition) is 1. The van der Waals surface area contributed by atoms with Crippen molar-refractivity contribution in [2.24, 2.45) is 0 Å². The van der Waals surface area contributed by atoms with Crippen LogP contribution in [0.1, 0.15) is 50.1 Å². The van der Waals surface area contributed by atoms with Crippen LogP contribution in [0.2, 0.25) is 0 Å². The van der Waals surface area contributed by atoms with Crippen LogP contribution in [-0.4, -0.2) is 14.9 Å². The van der Waals surface area contributed by atoms with Crippen LogP contribution >= 0.6 is 15.9 Å². The average Bonchev–Trinajstić information content (AvgIpc) is 2.91. The van der Waals surface area contributed by atoms with Gasteiger partial charge in [-0.3, -0.25) is 4.68 Å². The molecular weight excluding hydrogens is 335 g/mol. The molecule has 21 heavy (non-hydrogen) atoms. The van der Waals surface area contributed by atoms with Gasteiger partial charge in [0.2, 0.25) is 0 Å². The van der Waals surface area contributed by atoms with Gasteiger partial charge >= 0.3 is 0 Å². The van der Waals surface area contributed by atoms with Gasteiger partial charge in [0.1, 0.15) is 5.82 Å². The van der Waals surface area contributed by atoms with Crippen molar-refractivity contribution < 1.29 is 9.50 Å². The first-order valence-corrected chi connectivity index (χ1v) is 8.01. The largest absolute Gasteiger partial charge is 0.388 e.